The van der Waals surface area contributed by atoms with E-state index in [1.54, 1.807) is 6.08 Å². The van der Waals surface area contributed by atoms with Crippen LogP contribution >= 0.6 is 27.3 Å². The van der Waals surface area contributed by atoms with E-state index in [0.29, 0.717) is 21.1 Å². The fourth-order valence-electron chi connectivity index (χ4n) is 2.25. The number of nitrogens with zero attached hydrogens (tertiary/aromatic N) is 3. The molecule has 0 fully saturated rings. The SMILES string of the molecule is Cc1ccc(/C=c2/sc3nc(-c4ccccc4Br)nn3c2=O)o1. The van der Waals surface area contributed by atoms with E-state index in [2.05, 4.69) is 26.0 Å². The summed E-state index contributed by atoms with van der Waals surface area (Å²) >= 11 is 4.77. The van der Waals surface area contributed by atoms with E-state index in [0.717, 1.165) is 15.8 Å². The molecule has 0 radical (unpaired) electrons. The second-order valence-electron chi connectivity index (χ2n) is 4.97. The number of hydrogen-bond donors (Lipinski definition) is 0. The van der Waals surface area contributed by atoms with Gasteiger partial charge in [-0.15, -0.1) is 5.10 Å². The lowest BCUT2D eigenvalue weighted by Crippen LogP contribution is -2.23. The van der Waals surface area contributed by atoms with Gasteiger partial charge in [0.1, 0.15) is 16.1 Å². The van der Waals surface area contributed by atoms with Crippen molar-refractivity contribution in [1.82, 2.24) is 14.6 Å². The van der Waals surface area contributed by atoms with Crippen LogP contribution < -0.4 is 10.1 Å². The summed E-state index contributed by atoms with van der Waals surface area (Å²) in [5, 5.41) is 4.33. The maximum Gasteiger partial charge on any atom is 0.291 e. The second kappa shape index (κ2) is 5.43. The average Bonchev–Trinajstić information content (AvgIpc) is 3.19. The van der Waals surface area contributed by atoms with Crippen molar-refractivity contribution in [1.29, 1.82) is 0 Å². The third kappa shape index (κ3) is 2.51. The zero-order chi connectivity index (χ0) is 16.0. The minimum atomic E-state index is -0.190. The van der Waals surface area contributed by atoms with Crippen molar-refractivity contribution >= 4 is 38.3 Å². The Hall–Kier alpha value is -2.25. The zero-order valence-electron chi connectivity index (χ0n) is 12.0. The molecule has 0 atom stereocenters. The van der Waals surface area contributed by atoms with Gasteiger partial charge in [0, 0.05) is 16.1 Å². The molecule has 0 aliphatic rings. The summed E-state index contributed by atoms with van der Waals surface area (Å²) in [7, 11) is 0. The standard InChI is InChI=1S/C16H10BrN3O2S/c1-9-6-7-10(22-9)8-13-15(21)20-16(23-13)18-14(19-20)11-4-2-3-5-12(11)17/h2-8H,1H3/b13-8+. The van der Waals surface area contributed by atoms with Crippen LogP contribution in [0.1, 0.15) is 11.5 Å². The molecule has 4 aromatic rings. The lowest BCUT2D eigenvalue weighted by Gasteiger charge is -1.96. The molecule has 0 amide bonds. The molecule has 0 aliphatic carbocycles. The number of fused-ring (bicyclic) bond motifs is 1. The van der Waals surface area contributed by atoms with Gasteiger partial charge < -0.3 is 4.42 Å². The molecule has 0 unspecified atom stereocenters. The largest absolute Gasteiger partial charge is 0.462 e. The van der Waals surface area contributed by atoms with Gasteiger partial charge in [-0.3, -0.25) is 4.79 Å². The number of thiazole rings is 1. The molecule has 4 rings (SSSR count). The van der Waals surface area contributed by atoms with Crippen molar-refractivity contribution in [2.75, 3.05) is 0 Å². The van der Waals surface area contributed by atoms with E-state index in [4.69, 9.17) is 4.42 Å². The first-order valence-electron chi connectivity index (χ1n) is 6.84. The molecule has 0 aliphatic heterocycles. The lowest BCUT2D eigenvalue weighted by atomic mass is 10.2. The van der Waals surface area contributed by atoms with Crippen molar-refractivity contribution in [3.63, 3.8) is 0 Å². The second-order valence-corrected chi connectivity index (χ2v) is 6.84. The smallest absolute Gasteiger partial charge is 0.291 e. The topological polar surface area (TPSA) is 60.4 Å². The summed E-state index contributed by atoms with van der Waals surface area (Å²) in [5.74, 6) is 1.98. The zero-order valence-corrected chi connectivity index (χ0v) is 14.4. The van der Waals surface area contributed by atoms with Crippen LogP contribution in [-0.4, -0.2) is 14.6 Å². The summed E-state index contributed by atoms with van der Waals surface area (Å²) in [6.07, 6.45) is 1.72. The van der Waals surface area contributed by atoms with E-state index in [9.17, 15) is 4.79 Å². The number of furan rings is 1. The van der Waals surface area contributed by atoms with Crippen molar-refractivity contribution < 1.29 is 4.42 Å². The Balaban J connectivity index is 1.86. The van der Waals surface area contributed by atoms with Gasteiger partial charge >= 0.3 is 0 Å². The van der Waals surface area contributed by atoms with E-state index < -0.39 is 0 Å². The maximum absolute atomic E-state index is 12.5. The highest BCUT2D eigenvalue weighted by molar-refractivity contribution is 9.10. The maximum atomic E-state index is 12.5. The molecule has 0 spiro atoms. The van der Waals surface area contributed by atoms with E-state index >= 15 is 0 Å². The van der Waals surface area contributed by atoms with E-state index in [1.807, 2.05) is 43.3 Å². The van der Waals surface area contributed by atoms with Crippen LogP contribution in [0.5, 0.6) is 0 Å². The van der Waals surface area contributed by atoms with Gasteiger partial charge in [0.05, 0.1) is 0 Å². The molecule has 0 saturated carbocycles. The van der Waals surface area contributed by atoms with Crippen molar-refractivity contribution in [3.05, 3.63) is 67.3 Å². The predicted molar refractivity (Wildman–Crippen MR) is 92.5 cm³/mol. The third-order valence-corrected chi connectivity index (χ3v) is 4.98. The highest BCUT2D eigenvalue weighted by Gasteiger charge is 2.13. The Labute approximate surface area is 143 Å². The highest BCUT2D eigenvalue weighted by Crippen LogP contribution is 2.25. The van der Waals surface area contributed by atoms with Gasteiger partial charge in [0.25, 0.3) is 5.56 Å². The molecule has 1 aromatic carbocycles. The van der Waals surface area contributed by atoms with Gasteiger partial charge in [-0.1, -0.05) is 39.4 Å². The summed E-state index contributed by atoms with van der Waals surface area (Å²) in [6.45, 7) is 1.86. The van der Waals surface area contributed by atoms with Crippen molar-refractivity contribution in [2.45, 2.75) is 6.92 Å². The molecule has 0 bridgehead atoms. The summed E-state index contributed by atoms with van der Waals surface area (Å²) in [5.41, 5.74) is 0.667. The van der Waals surface area contributed by atoms with E-state index in [1.165, 1.54) is 15.9 Å². The molecule has 3 aromatic heterocycles. The lowest BCUT2D eigenvalue weighted by molar-refractivity contribution is 0.525. The molecule has 23 heavy (non-hydrogen) atoms. The Kier molecular flexibility index (Phi) is 3.39. The Morgan fingerprint density at radius 3 is 2.78 bits per heavy atom. The third-order valence-electron chi connectivity index (χ3n) is 3.33. The van der Waals surface area contributed by atoms with Crippen LogP contribution in [0.15, 0.2) is 50.1 Å². The quantitative estimate of drug-likeness (QED) is 0.530. The van der Waals surface area contributed by atoms with Crippen molar-refractivity contribution in [2.24, 2.45) is 0 Å². The fraction of sp³-hybridized carbons (Fsp3) is 0.0625. The first-order valence-corrected chi connectivity index (χ1v) is 8.45. The number of aryl methyl sites for hydroxylation is 1. The number of benzene rings is 1. The van der Waals surface area contributed by atoms with Crippen LogP contribution in [0, 0.1) is 6.92 Å². The number of rotatable bonds is 2. The molecule has 3 heterocycles. The van der Waals surface area contributed by atoms with Crippen LogP contribution in [0.3, 0.4) is 0 Å². The molecular weight excluding hydrogens is 378 g/mol. The van der Waals surface area contributed by atoms with Crippen LogP contribution in [0.25, 0.3) is 22.4 Å². The summed E-state index contributed by atoms with van der Waals surface area (Å²) in [4.78, 5) is 17.5. The van der Waals surface area contributed by atoms with Crippen LogP contribution in [0.2, 0.25) is 0 Å². The number of halogens is 1. The Bertz CT molecular complexity index is 1130. The Morgan fingerprint density at radius 1 is 1.26 bits per heavy atom. The Morgan fingerprint density at radius 2 is 2.09 bits per heavy atom. The van der Waals surface area contributed by atoms with Gasteiger partial charge in [-0.05, 0) is 31.2 Å². The first-order chi connectivity index (χ1) is 11.1. The molecule has 5 nitrogen and oxygen atoms in total. The molecule has 114 valence electrons. The highest BCUT2D eigenvalue weighted by atomic mass is 79.9. The summed E-state index contributed by atoms with van der Waals surface area (Å²) in [6, 6.07) is 11.3. The number of hydrogen-bond acceptors (Lipinski definition) is 5. The minimum absolute atomic E-state index is 0.190. The summed E-state index contributed by atoms with van der Waals surface area (Å²) < 4.78 is 8.26. The number of aromatic nitrogens is 3. The van der Waals surface area contributed by atoms with Crippen LogP contribution in [-0.2, 0) is 0 Å². The monoisotopic (exact) mass is 387 g/mol. The van der Waals surface area contributed by atoms with Gasteiger partial charge in [-0.25, -0.2) is 0 Å². The van der Waals surface area contributed by atoms with Gasteiger partial charge in [0.2, 0.25) is 4.96 Å². The van der Waals surface area contributed by atoms with E-state index in [-0.39, 0.29) is 5.56 Å². The van der Waals surface area contributed by atoms with Crippen molar-refractivity contribution in [3.8, 4) is 11.4 Å². The first kappa shape index (κ1) is 14.3. The normalized spacial score (nSPS) is 12.3. The van der Waals surface area contributed by atoms with Crippen LogP contribution in [0.4, 0.5) is 0 Å². The fourth-order valence-corrected chi connectivity index (χ4v) is 3.60. The molecule has 0 N–H and O–H groups in total. The average molecular weight is 388 g/mol. The molecule has 0 saturated heterocycles. The predicted octanol–water partition coefficient (Wildman–Crippen LogP) is 3.03. The van der Waals surface area contributed by atoms with Gasteiger partial charge in [-0.2, -0.15) is 9.50 Å². The minimum Gasteiger partial charge on any atom is -0.462 e. The molecule has 7 heteroatoms. The van der Waals surface area contributed by atoms with Gasteiger partial charge in [0.15, 0.2) is 5.82 Å². The molecular formula is C16H10BrN3O2S.